The molecule has 8 heteroatoms. The molecule has 3 N–H and O–H groups in total. The van der Waals surface area contributed by atoms with Crippen LogP contribution in [0.25, 0.3) is 11.4 Å². The topological polar surface area (TPSA) is 102 Å². The SMILES string of the molecule is C[C@@H]1O[C@H](Cn2cc(-c3cccc(N)n3)nn2)CC(N(C)C)C1O. The smallest absolute Gasteiger partial charge is 0.131 e. The number of aliphatic hydroxyl groups is 1. The number of nitrogen functional groups attached to an aromatic ring is 1. The highest BCUT2D eigenvalue weighted by atomic mass is 16.5. The van der Waals surface area contributed by atoms with Gasteiger partial charge in [-0.05, 0) is 39.6 Å². The first kappa shape index (κ1) is 16.8. The largest absolute Gasteiger partial charge is 0.389 e. The van der Waals surface area contributed by atoms with Gasteiger partial charge < -0.3 is 20.5 Å². The van der Waals surface area contributed by atoms with E-state index in [1.165, 1.54) is 0 Å². The van der Waals surface area contributed by atoms with Crippen molar-refractivity contribution >= 4 is 5.82 Å². The molecule has 0 amide bonds. The van der Waals surface area contributed by atoms with Crippen LogP contribution in [-0.4, -0.2) is 68.4 Å². The van der Waals surface area contributed by atoms with Crippen molar-refractivity contribution in [2.24, 2.45) is 0 Å². The van der Waals surface area contributed by atoms with Crippen LogP contribution in [0.1, 0.15) is 13.3 Å². The molecule has 0 bridgehead atoms. The predicted molar refractivity (Wildman–Crippen MR) is 90.1 cm³/mol. The molecule has 1 aliphatic heterocycles. The molecule has 3 heterocycles. The van der Waals surface area contributed by atoms with Gasteiger partial charge in [0.05, 0.1) is 36.7 Å². The maximum atomic E-state index is 10.2. The summed E-state index contributed by atoms with van der Waals surface area (Å²) >= 11 is 0. The van der Waals surface area contributed by atoms with Gasteiger partial charge in [-0.3, -0.25) is 0 Å². The number of hydrogen-bond donors (Lipinski definition) is 2. The first-order valence-electron chi connectivity index (χ1n) is 8.07. The van der Waals surface area contributed by atoms with Gasteiger partial charge in [0.1, 0.15) is 11.5 Å². The van der Waals surface area contributed by atoms with Crippen LogP contribution in [0.3, 0.4) is 0 Å². The zero-order chi connectivity index (χ0) is 17.3. The van der Waals surface area contributed by atoms with E-state index in [0.717, 1.165) is 6.42 Å². The second-order valence-electron chi connectivity index (χ2n) is 6.49. The second-order valence-corrected chi connectivity index (χ2v) is 6.49. The zero-order valence-corrected chi connectivity index (χ0v) is 14.2. The molecule has 24 heavy (non-hydrogen) atoms. The van der Waals surface area contributed by atoms with E-state index in [2.05, 4.69) is 15.3 Å². The van der Waals surface area contributed by atoms with Crippen molar-refractivity contribution in [3.63, 3.8) is 0 Å². The number of hydrogen-bond acceptors (Lipinski definition) is 7. The van der Waals surface area contributed by atoms with Crippen LogP contribution < -0.4 is 5.73 Å². The third-order valence-corrected chi connectivity index (χ3v) is 4.41. The fourth-order valence-electron chi connectivity index (χ4n) is 3.10. The monoisotopic (exact) mass is 332 g/mol. The number of anilines is 1. The molecule has 1 fully saturated rings. The van der Waals surface area contributed by atoms with Gasteiger partial charge in [0.15, 0.2) is 0 Å². The number of pyridine rings is 1. The average Bonchev–Trinajstić information content (AvgIpc) is 2.99. The summed E-state index contributed by atoms with van der Waals surface area (Å²) in [5.74, 6) is 0.453. The summed E-state index contributed by atoms with van der Waals surface area (Å²) in [6, 6.07) is 5.49. The molecule has 2 unspecified atom stereocenters. The van der Waals surface area contributed by atoms with Crippen molar-refractivity contribution in [2.45, 2.75) is 44.2 Å². The maximum Gasteiger partial charge on any atom is 0.131 e. The number of rotatable bonds is 4. The van der Waals surface area contributed by atoms with E-state index >= 15 is 0 Å². The summed E-state index contributed by atoms with van der Waals surface area (Å²) in [6.45, 7) is 2.48. The Morgan fingerprint density at radius 1 is 1.38 bits per heavy atom. The number of ether oxygens (including phenoxy) is 1. The Labute approximate surface area is 141 Å². The quantitative estimate of drug-likeness (QED) is 0.835. The Balaban J connectivity index is 1.70. The predicted octanol–water partition coefficient (Wildman–Crippen LogP) is 0.391. The van der Waals surface area contributed by atoms with Crippen LogP contribution >= 0.6 is 0 Å². The van der Waals surface area contributed by atoms with Crippen molar-refractivity contribution in [2.75, 3.05) is 19.8 Å². The van der Waals surface area contributed by atoms with Crippen molar-refractivity contribution in [3.05, 3.63) is 24.4 Å². The number of likely N-dealkylation sites (N-methyl/N-ethyl adjacent to an activating group) is 1. The normalized spacial score (nSPS) is 27.5. The Bertz CT molecular complexity index is 689. The molecule has 130 valence electrons. The first-order chi connectivity index (χ1) is 11.4. The van der Waals surface area contributed by atoms with E-state index in [9.17, 15) is 5.11 Å². The van der Waals surface area contributed by atoms with E-state index < -0.39 is 6.10 Å². The van der Waals surface area contributed by atoms with E-state index in [1.807, 2.05) is 44.2 Å². The van der Waals surface area contributed by atoms with Gasteiger partial charge in [-0.2, -0.15) is 0 Å². The van der Waals surface area contributed by atoms with Gasteiger partial charge in [-0.1, -0.05) is 11.3 Å². The van der Waals surface area contributed by atoms with Crippen LogP contribution in [-0.2, 0) is 11.3 Å². The van der Waals surface area contributed by atoms with Crippen molar-refractivity contribution in [3.8, 4) is 11.4 Å². The lowest BCUT2D eigenvalue weighted by molar-refractivity contribution is -0.144. The Kier molecular flexibility index (Phi) is 4.79. The van der Waals surface area contributed by atoms with Gasteiger partial charge in [0.2, 0.25) is 0 Å². The Morgan fingerprint density at radius 3 is 2.88 bits per heavy atom. The molecule has 0 radical (unpaired) electrons. The molecule has 0 aromatic carbocycles. The number of aromatic nitrogens is 4. The van der Waals surface area contributed by atoms with Crippen molar-refractivity contribution in [1.29, 1.82) is 0 Å². The van der Waals surface area contributed by atoms with Gasteiger partial charge >= 0.3 is 0 Å². The molecule has 4 atom stereocenters. The molecular weight excluding hydrogens is 308 g/mol. The highest BCUT2D eigenvalue weighted by Crippen LogP contribution is 2.24. The minimum absolute atomic E-state index is 0.0286. The zero-order valence-electron chi connectivity index (χ0n) is 14.2. The highest BCUT2D eigenvalue weighted by molar-refractivity contribution is 5.54. The van der Waals surface area contributed by atoms with Gasteiger partial charge in [-0.25, -0.2) is 9.67 Å². The van der Waals surface area contributed by atoms with Gasteiger partial charge in [-0.15, -0.1) is 5.10 Å². The number of nitrogens with zero attached hydrogens (tertiary/aromatic N) is 5. The van der Waals surface area contributed by atoms with Crippen LogP contribution in [0.5, 0.6) is 0 Å². The minimum Gasteiger partial charge on any atom is -0.389 e. The molecule has 0 aliphatic carbocycles. The Morgan fingerprint density at radius 2 is 2.17 bits per heavy atom. The molecule has 2 aromatic rings. The lowest BCUT2D eigenvalue weighted by atomic mass is 9.95. The molecule has 8 nitrogen and oxygen atoms in total. The summed E-state index contributed by atoms with van der Waals surface area (Å²) in [7, 11) is 3.95. The fourth-order valence-corrected chi connectivity index (χ4v) is 3.10. The number of aliphatic hydroxyl groups excluding tert-OH is 1. The Hall–Kier alpha value is -2.03. The summed E-state index contributed by atoms with van der Waals surface area (Å²) in [5.41, 5.74) is 7.08. The molecule has 1 saturated heterocycles. The lowest BCUT2D eigenvalue weighted by Crippen LogP contribution is -2.53. The van der Waals surface area contributed by atoms with Crippen LogP contribution in [0.2, 0.25) is 0 Å². The maximum absolute atomic E-state index is 10.2. The van der Waals surface area contributed by atoms with Crippen molar-refractivity contribution < 1.29 is 9.84 Å². The van der Waals surface area contributed by atoms with Crippen LogP contribution in [0.4, 0.5) is 5.82 Å². The minimum atomic E-state index is -0.487. The summed E-state index contributed by atoms with van der Waals surface area (Å²) in [5, 5.41) is 18.6. The lowest BCUT2D eigenvalue weighted by Gasteiger charge is -2.41. The van der Waals surface area contributed by atoms with E-state index in [1.54, 1.807) is 10.7 Å². The van der Waals surface area contributed by atoms with E-state index in [-0.39, 0.29) is 18.2 Å². The number of nitrogens with two attached hydrogens (primary N) is 1. The summed E-state index contributed by atoms with van der Waals surface area (Å²) < 4.78 is 7.67. The third-order valence-electron chi connectivity index (χ3n) is 4.41. The molecule has 0 spiro atoms. The summed E-state index contributed by atoms with van der Waals surface area (Å²) in [4.78, 5) is 6.29. The van der Waals surface area contributed by atoms with Crippen LogP contribution in [0.15, 0.2) is 24.4 Å². The van der Waals surface area contributed by atoms with Crippen molar-refractivity contribution in [1.82, 2.24) is 24.9 Å². The van der Waals surface area contributed by atoms with Gasteiger partial charge in [0.25, 0.3) is 0 Å². The standard InChI is InChI=1S/C16H24N6O2/c1-10-16(23)14(21(2)3)7-11(24-10)8-22-9-13(19-20-22)12-5-4-6-15(17)18-12/h4-6,9-11,14,16,23H,7-8H2,1-3H3,(H2,17,18)/t10-,11-,14?,16?/m0/s1. The fraction of sp³-hybridized carbons (Fsp3) is 0.562. The molecule has 2 aromatic heterocycles. The van der Waals surface area contributed by atoms with Gasteiger partial charge in [0, 0.05) is 6.04 Å². The average molecular weight is 332 g/mol. The molecule has 3 rings (SSSR count). The van der Waals surface area contributed by atoms with E-state index in [4.69, 9.17) is 10.5 Å². The first-order valence-corrected chi connectivity index (χ1v) is 8.07. The molecule has 0 saturated carbocycles. The molecule has 1 aliphatic rings. The molecular formula is C16H24N6O2. The van der Waals surface area contributed by atoms with Crippen LogP contribution in [0, 0.1) is 0 Å². The summed E-state index contributed by atoms with van der Waals surface area (Å²) in [6.07, 6.45) is 1.85. The second kappa shape index (κ2) is 6.84. The third kappa shape index (κ3) is 3.55. The van der Waals surface area contributed by atoms with E-state index in [0.29, 0.717) is 23.8 Å². The highest BCUT2D eigenvalue weighted by Gasteiger charge is 2.36.